The molecule has 1 fully saturated rings. The van der Waals surface area contributed by atoms with Gasteiger partial charge in [0.25, 0.3) is 5.56 Å². The number of hydrogen-bond acceptors (Lipinski definition) is 9. The summed E-state index contributed by atoms with van der Waals surface area (Å²) < 4.78 is 22.5. The van der Waals surface area contributed by atoms with Crippen LogP contribution in [0.2, 0.25) is 0 Å². The third kappa shape index (κ3) is 8.07. The lowest BCUT2D eigenvalue weighted by atomic mass is 10.2. The van der Waals surface area contributed by atoms with Crippen LogP contribution in [0.15, 0.2) is 15.8 Å². The zero-order chi connectivity index (χ0) is 23.0. The molecule has 1 saturated heterocycles. The van der Waals surface area contributed by atoms with Crippen LogP contribution in [0.3, 0.4) is 0 Å². The summed E-state index contributed by atoms with van der Waals surface area (Å²) in [6, 6.07) is 0. The molecule has 0 unspecified atom stereocenters. The van der Waals surface area contributed by atoms with Crippen molar-refractivity contribution >= 4 is 6.09 Å². The Morgan fingerprint density at radius 2 is 2.00 bits per heavy atom. The molecule has 3 atom stereocenters. The van der Waals surface area contributed by atoms with Gasteiger partial charge in [-0.1, -0.05) is 0 Å². The second kappa shape index (κ2) is 11.4. The number of aliphatic hydroxyl groups is 2. The van der Waals surface area contributed by atoms with Crippen molar-refractivity contribution in [3.63, 3.8) is 0 Å². The average Bonchev–Trinajstić information content (AvgIpc) is 3.04. The summed E-state index contributed by atoms with van der Waals surface area (Å²) in [6.45, 7) is 5.85. The first-order valence-corrected chi connectivity index (χ1v) is 10.0. The van der Waals surface area contributed by atoms with E-state index in [9.17, 15) is 24.6 Å². The molecule has 1 aliphatic heterocycles. The third-order valence-electron chi connectivity index (χ3n) is 4.28. The molecule has 176 valence electrons. The maximum absolute atomic E-state index is 12.1. The van der Waals surface area contributed by atoms with Gasteiger partial charge in [-0.15, -0.1) is 0 Å². The van der Waals surface area contributed by atoms with E-state index in [4.69, 9.17) is 18.9 Å². The van der Waals surface area contributed by atoms with Crippen LogP contribution in [0, 0.1) is 0 Å². The van der Waals surface area contributed by atoms with Crippen LogP contribution in [-0.2, 0) is 25.6 Å². The molecule has 2 rings (SSSR count). The van der Waals surface area contributed by atoms with E-state index in [-0.39, 0.29) is 51.6 Å². The maximum atomic E-state index is 12.1. The number of carbonyl (C=O) groups is 1. The zero-order valence-electron chi connectivity index (χ0n) is 18.0. The van der Waals surface area contributed by atoms with Crippen molar-refractivity contribution in [2.24, 2.45) is 0 Å². The molecule has 4 N–H and O–H groups in total. The van der Waals surface area contributed by atoms with E-state index in [1.165, 1.54) is 6.20 Å². The number of hydrogen-bond donors (Lipinski definition) is 4. The fourth-order valence-corrected chi connectivity index (χ4v) is 2.84. The topological polar surface area (TPSA) is 161 Å². The Kier molecular flexibility index (Phi) is 9.19. The SMILES string of the molecule is CC(C)(C)OC(=O)NCCOCCOCc1cn([C@H]2C[C@H](O)[C@@H](CO)O2)c(=O)[nH]c1=O. The molecule has 1 aromatic heterocycles. The van der Waals surface area contributed by atoms with Gasteiger partial charge in [0, 0.05) is 19.2 Å². The summed E-state index contributed by atoms with van der Waals surface area (Å²) in [4.78, 5) is 37.7. The highest BCUT2D eigenvalue weighted by atomic mass is 16.6. The molecule has 0 saturated carbocycles. The number of aromatic nitrogens is 2. The predicted octanol–water partition coefficient (Wildman–Crippen LogP) is -0.765. The van der Waals surface area contributed by atoms with E-state index >= 15 is 0 Å². The molecule has 0 aliphatic carbocycles. The van der Waals surface area contributed by atoms with Crippen molar-refractivity contribution in [2.75, 3.05) is 33.0 Å². The monoisotopic (exact) mass is 445 g/mol. The molecule has 1 amide bonds. The van der Waals surface area contributed by atoms with Crippen molar-refractivity contribution < 1.29 is 34.0 Å². The smallest absolute Gasteiger partial charge is 0.407 e. The number of aromatic amines is 1. The minimum Gasteiger partial charge on any atom is -0.444 e. The third-order valence-corrected chi connectivity index (χ3v) is 4.28. The number of ether oxygens (including phenoxy) is 4. The minimum atomic E-state index is -0.907. The Balaban J connectivity index is 1.72. The number of H-pyrrole nitrogens is 1. The highest BCUT2D eigenvalue weighted by Gasteiger charge is 2.35. The van der Waals surface area contributed by atoms with E-state index in [0.29, 0.717) is 0 Å². The van der Waals surface area contributed by atoms with Crippen LogP contribution in [0.1, 0.15) is 39.0 Å². The average molecular weight is 445 g/mol. The van der Waals surface area contributed by atoms with Gasteiger partial charge in [0.1, 0.15) is 17.9 Å². The molecule has 12 nitrogen and oxygen atoms in total. The molecule has 0 bridgehead atoms. The molecule has 2 heterocycles. The van der Waals surface area contributed by atoms with Crippen molar-refractivity contribution in [1.29, 1.82) is 0 Å². The number of nitrogens with zero attached hydrogens (tertiary/aromatic N) is 1. The first-order valence-electron chi connectivity index (χ1n) is 10.0. The standard InChI is InChI=1S/C19H31N3O9/c1-19(2,3)31-18(27)20-4-5-28-6-7-29-11-12-9-22(17(26)21-16(12)25)15-8-13(24)14(10-23)30-15/h9,13-15,23-24H,4-8,10-11H2,1-3H3,(H,20,27)(H,21,25,26)/t13-,14+,15+/m0/s1. The summed E-state index contributed by atoms with van der Waals surface area (Å²) in [7, 11) is 0. The number of rotatable bonds is 10. The highest BCUT2D eigenvalue weighted by Crippen LogP contribution is 2.27. The number of amides is 1. The van der Waals surface area contributed by atoms with Crippen LogP contribution in [0.25, 0.3) is 0 Å². The minimum absolute atomic E-state index is 0.0617. The summed E-state index contributed by atoms with van der Waals surface area (Å²) in [6.07, 6.45) is -1.57. The summed E-state index contributed by atoms with van der Waals surface area (Å²) >= 11 is 0. The zero-order valence-corrected chi connectivity index (χ0v) is 18.0. The molecule has 31 heavy (non-hydrogen) atoms. The maximum Gasteiger partial charge on any atom is 0.407 e. The number of alkyl carbamates (subject to hydrolysis) is 1. The van der Waals surface area contributed by atoms with Crippen molar-refractivity contribution in [3.8, 4) is 0 Å². The van der Waals surface area contributed by atoms with E-state index in [1.807, 2.05) is 0 Å². The van der Waals surface area contributed by atoms with Crippen molar-refractivity contribution in [1.82, 2.24) is 14.9 Å². The van der Waals surface area contributed by atoms with Gasteiger partial charge in [-0.25, -0.2) is 9.59 Å². The molecule has 0 spiro atoms. The van der Waals surface area contributed by atoms with Gasteiger partial charge in [0.15, 0.2) is 0 Å². The quantitative estimate of drug-likeness (QED) is 0.339. The molecule has 0 aromatic carbocycles. The van der Waals surface area contributed by atoms with Gasteiger partial charge >= 0.3 is 11.8 Å². The van der Waals surface area contributed by atoms with Crippen molar-refractivity contribution in [3.05, 3.63) is 32.6 Å². The lowest BCUT2D eigenvalue weighted by molar-refractivity contribution is -0.0461. The molecule has 0 radical (unpaired) electrons. The molecular formula is C19H31N3O9. The highest BCUT2D eigenvalue weighted by molar-refractivity contribution is 5.67. The summed E-state index contributed by atoms with van der Waals surface area (Å²) in [5, 5.41) is 21.6. The van der Waals surface area contributed by atoms with E-state index in [1.54, 1.807) is 20.8 Å². The Labute approximate surface area is 179 Å². The van der Waals surface area contributed by atoms with E-state index < -0.39 is 41.4 Å². The first kappa shape index (κ1) is 25.0. The van der Waals surface area contributed by atoms with Crippen LogP contribution in [0.4, 0.5) is 4.79 Å². The van der Waals surface area contributed by atoms with Crippen LogP contribution in [-0.4, -0.2) is 76.6 Å². The first-order chi connectivity index (χ1) is 14.6. The molecular weight excluding hydrogens is 414 g/mol. The second-order valence-electron chi connectivity index (χ2n) is 8.03. The van der Waals surface area contributed by atoms with Crippen LogP contribution < -0.4 is 16.6 Å². The van der Waals surface area contributed by atoms with E-state index in [2.05, 4.69) is 10.3 Å². The Bertz CT molecular complexity index is 830. The van der Waals surface area contributed by atoms with Gasteiger partial charge < -0.3 is 34.5 Å². The molecule has 1 aliphatic rings. The van der Waals surface area contributed by atoms with Gasteiger partial charge in [-0.2, -0.15) is 0 Å². The Morgan fingerprint density at radius 1 is 1.29 bits per heavy atom. The van der Waals surface area contributed by atoms with Crippen LogP contribution in [0.5, 0.6) is 0 Å². The van der Waals surface area contributed by atoms with Crippen molar-refractivity contribution in [2.45, 2.75) is 57.8 Å². The number of carbonyl (C=O) groups excluding carboxylic acids is 1. The van der Waals surface area contributed by atoms with Gasteiger partial charge in [-0.05, 0) is 20.8 Å². The normalized spacial score (nSPS) is 21.3. The van der Waals surface area contributed by atoms with Gasteiger partial charge in [0.05, 0.1) is 44.7 Å². The van der Waals surface area contributed by atoms with Gasteiger partial charge in [0.2, 0.25) is 0 Å². The Hall–Kier alpha value is -2.25. The van der Waals surface area contributed by atoms with Gasteiger partial charge in [-0.3, -0.25) is 14.3 Å². The largest absolute Gasteiger partial charge is 0.444 e. The fourth-order valence-electron chi connectivity index (χ4n) is 2.84. The number of aliphatic hydroxyl groups excluding tert-OH is 2. The summed E-state index contributed by atoms with van der Waals surface area (Å²) in [5.41, 5.74) is -1.62. The number of nitrogens with one attached hydrogen (secondary N) is 2. The Morgan fingerprint density at radius 3 is 2.65 bits per heavy atom. The fraction of sp³-hybridized carbons (Fsp3) is 0.737. The molecule has 12 heteroatoms. The van der Waals surface area contributed by atoms with Crippen LogP contribution >= 0.6 is 0 Å². The summed E-state index contributed by atoms with van der Waals surface area (Å²) in [5.74, 6) is 0. The second-order valence-corrected chi connectivity index (χ2v) is 8.03. The lowest BCUT2D eigenvalue weighted by Gasteiger charge is -2.19. The lowest BCUT2D eigenvalue weighted by Crippen LogP contribution is -2.34. The predicted molar refractivity (Wildman–Crippen MR) is 108 cm³/mol. The van der Waals surface area contributed by atoms with E-state index in [0.717, 1.165) is 4.57 Å². The molecule has 1 aromatic rings.